The van der Waals surface area contributed by atoms with Crippen LogP contribution >= 0.6 is 22.6 Å². The molecule has 2 aromatic carbocycles. The number of nitrogens with zero attached hydrogens (tertiary/aromatic N) is 2. The predicted octanol–water partition coefficient (Wildman–Crippen LogP) is 3.65. The topological polar surface area (TPSA) is 51.0 Å². The van der Waals surface area contributed by atoms with Crippen LogP contribution in [0.15, 0.2) is 59.0 Å². The van der Waals surface area contributed by atoms with Crippen LogP contribution in [0, 0.1) is 3.57 Å². The minimum Gasteiger partial charge on any atom is -0.419 e. The first-order valence-corrected chi connectivity index (χ1v) is 7.67. The Morgan fingerprint density at radius 2 is 1.71 bits per heavy atom. The lowest BCUT2D eigenvalue weighted by Crippen LogP contribution is -2.17. The van der Waals surface area contributed by atoms with Crippen LogP contribution in [0.25, 0.3) is 11.5 Å². The molecule has 0 spiro atoms. The van der Waals surface area contributed by atoms with Gasteiger partial charge in [-0.05, 0) is 59.5 Å². The standard InChI is InChI=1S/C16H14IN3O/c1-18-14(11-5-3-2-4-6-11)16-20-19-15(21-16)12-7-9-13(17)10-8-12/h2-10,14,18H,1H3. The van der Waals surface area contributed by atoms with Crippen LogP contribution in [0.2, 0.25) is 0 Å². The lowest BCUT2D eigenvalue weighted by atomic mass is 10.1. The van der Waals surface area contributed by atoms with Crippen molar-refractivity contribution in [2.75, 3.05) is 7.05 Å². The highest BCUT2D eigenvalue weighted by Crippen LogP contribution is 2.25. The van der Waals surface area contributed by atoms with Crippen molar-refractivity contribution in [2.24, 2.45) is 0 Å². The van der Waals surface area contributed by atoms with E-state index in [9.17, 15) is 0 Å². The van der Waals surface area contributed by atoms with Gasteiger partial charge in [-0.3, -0.25) is 0 Å². The number of hydrogen-bond donors (Lipinski definition) is 1. The highest BCUT2D eigenvalue weighted by molar-refractivity contribution is 14.1. The number of hydrogen-bond acceptors (Lipinski definition) is 4. The summed E-state index contributed by atoms with van der Waals surface area (Å²) in [6, 6.07) is 18.0. The normalized spacial score (nSPS) is 12.3. The summed E-state index contributed by atoms with van der Waals surface area (Å²) in [5, 5.41) is 11.5. The monoisotopic (exact) mass is 391 g/mol. The van der Waals surface area contributed by atoms with Crippen LogP contribution in [0.4, 0.5) is 0 Å². The van der Waals surface area contributed by atoms with Crippen LogP contribution < -0.4 is 5.32 Å². The fourth-order valence-electron chi connectivity index (χ4n) is 2.14. The van der Waals surface area contributed by atoms with Gasteiger partial charge in [0.15, 0.2) is 0 Å². The molecule has 1 atom stereocenters. The van der Waals surface area contributed by atoms with E-state index in [0.29, 0.717) is 11.8 Å². The van der Waals surface area contributed by atoms with Crippen LogP contribution in [0.5, 0.6) is 0 Å². The number of benzene rings is 2. The largest absolute Gasteiger partial charge is 0.419 e. The van der Waals surface area contributed by atoms with E-state index in [2.05, 4.69) is 38.1 Å². The van der Waals surface area contributed by atoms with Crippen LogP contribution in [-0.4, -0.2) is 17.2 Å². The van der Waals surface area contributed by atoms with Gasteiger partial charge in [-0.15, -0.1) is 10.2 Å². The maximum atomic E-state index is 5.83. The van der Waals surface area contributed by atoms with Crippen molar-refractivity contribution in [2.45, 2.75) is 6.04 Å². The van der Waals surface area contributed by atoms with Gasteiger partial charge in [0.05, 0.1) is 0 Å². The number of halogens is 1. The van der Waals surface area contributed by atoms with Gasteiger partial charge < -0.3 is 9.73 Å². The average Bonchev–Trinajstić information content (AvgIpc) is 2.99. The van der Waals surface area contributed by atoms with Crippen molar-refractivity contribution in [1.29, 1.82) is 0 Å². The van der Waals surface area contributed by atoms with E-state index < -0.39 is 0 Å². The Morgan fingerprint density at radius 1 is 1.00 bits per heavy atom. The zero-order valence-corrected chi connectivity index (χ0v) is 13.6. The molecule has 0 aliphatic carbocycles. The Morgan fingerprint density at radius 3 is 2.38 bits per heavy atom. The molecule has 21 heavy (non-hydrogen) atoms. The summed E-state index contributed by atoms with van der Waals surface area (Å²) < 4.78 is 7.00. The predicted molar refractivity (Wildman–Crippen MR) is 89.8 cm³/mol. The fraction of sp³-hybridized carbons (Fsp3) is 0.125. The summed E-state index contributed by atoms with van der Waals surface area (Å²) in [5.74, 6) is 1.11. The van der Waals surface area contributed by atoms with Gasteiger partial charge in [0.1, 0.15) is 6.04 Å². The Hall–Kier alpha value is -1.73. The van der Waals surface area contributed by atoms with Crippen LogP contribution in [0.3, 0.4) is 0 Å². The highest BCUT2D eigenvalue weighted by atomic mass is 127. The molecule has 0 saturated carbocycles. The van der Waals surface area contributed by atoms with Gasteiger partial charge in [0.2, 0.25) is 11.8 Å². The third-order valence-electron chi connectivity index (χ3n) is 3.20. The van der Waals surface area contributed by atoms with E-state index in [1.165, 1.54) is 3.57 Å². The second-order valence-electron chi connectivity index (χ2n) is 4.58. The van der Waals surface area contributed by atoms with Gasteiger partial charge in [-0.2, -0.15) is 0 Å². The van der Waals surface area contributed by atoms with Crippen molar-refractivity contribution in [3.05, 3.63) is 69.6 Å². The van der Waals surface area contributed by atoms with Gasteiger partial charge >= 0.3 is 0 Å². The Labute approximate surface area is 136 Å². The maximum Gasteiger partial charge on any atom is 0.247 e. The van der Waals surface area contributed by atoms with E-state index in [4.69, 9.17) is 4.42 Å². The number of rotatable bonds is 4. The van der Waals surface area contributed by atoms with E-state index in [1.54, 1.807) is 0 Å². The Bertz CT molecular complexity index is 710. The number of aromatic nitrogens is 2. The minimum absolute atomic E-state index is 0.101. The summed E-state index contributed by atoms with van der Waals surface area (Å²) >= 11 is 2.27. The van der Waals surface area contributed by atoms with E-state index in [-0.39, 0.29) is 6.04 Å². The van der Waals surface area contributed by atoms with Crippen molar-refractivity contribution >= 4 is 22.6 Å². The summed E-state index contributed by atoms with van der Waals surface area (Å²) in [4.78, 5) is 0. The first kappa shape index (κ1) is 14.2. The van der Waals surface area contributed by atoms with Crippen LogP contribution in [-0.2, 0) is 0 Å². The zero-order chi connectivity index (χ0) is 14.7. The van der Waals surface area contributed by atoms with Gasteiger partial charge in [-0.1, -0.05) is 30.3 Å². The summed E-state index contributed by atoms with van der Waals surface area (Å²) in [6.07, 6.45) is 0. The lowest BCUT2D eigenvalue weighted by Gasteiger charge is -2.11. The molecule has 0 bridgehead atoms. The molecule has 4 nitrogen and oxygen atoms in total. The van der Waals surface area contributed by atoms with Crippen molar-refractivity contribution in [3.63, 3.8) is 0 Å². The molecule has 3 rings (SSSR count). The SMILES string of the molecule is CNC(c1ccccc1)c1nnc(-c2ccc(I)cc2)o1. The summed E-state index contributed by atoms with van der Waals surface area (Å²) in [7, 11) is 1.88. The lowest BCUT2D eigenvalue weighted by molar-refractivity contribution is 0.456. The fourth-order valence-corrected chi connectivity index (χ4v) is 2.50. The minimum atomic E-state index is -0.101. The van der Waals surface area contributed by atoms with Gasteiger partial charge in [0.25, 0.3) is 0 Å². The molecule has 0 aliphatic rings. The first-order valence-electron chi connectivity index (χ1n) is 6.59. The molecule has 1 unspecified atom stereocenters. The molecular formula is C16H14IN3O. The van der Waals surface area contributed by atoms with Crippen molar-refractivity contribution in [3.8, 4) is 11.5 Å². The van der Waals surface area contributed by atoms with Gasteiger partial charge in [0, 0.05) is 9.13 Å². The van der Waals surface area contributed by atoms with E-state index in [0.717, 1.165) is 11.1 Å². The van der Waals surface area contributed by atoms with Gasteiger partial charge in [-0.25, -0.2) is 0 Å². The third-order valence-corrected chi connectivity index (χ3v) is 3.92. The molecular weight excluding hydrogens is 377 g/mol. The third kappa shape index (κ3) is 3.14. The highest BCUT2D eigenvalue weighted by Gasteiger charge is 2.19. The van der Waals surface area contributed by atoms with Crippen LogP contribution in [0.1, 0.15) is 17.5 Å². The molecule has 1 N–H and O–H groups in total. The molecule has 1 aromatic heterocycles. The molecule has 1 heterocycles. The average molecular weight is 391 g/mol. The van der Waals surface area contributed by atoms with Crippen molar-refractivity contribution < 1.29 is 4.42 Å². The molecule has 0 radical (unpaired) electrons. The smallest absolute Gasteiger partial charge is 0.247 e. The summed E-state index contributed by atoms with van der Waals surface area (Å²) in [6.45, 7) is 0. The molecule has 0 amide bonds. The van der Waals surface area contributed by atoms with E-state index >= 15 is 0 Å². The molecule has 5 heteroatoms. The maximum absolute atomic E-state index is 5.83. The number of nitrogens with one attached hydrogen (secondary N) is 1. The molecule has 0 aliphatic heterocycles. The first-order chi connectivity index (χ1) is 10.3. The molecule has 0 fully saturated rings. The Kier molecular flexibility index (Phi) is 4.31. The Balaban J connectivity index is 1.92. The summed E-state index contributed by atoms with van der Waals surface area (Å²) in [5.41, 5.74) is 2.02. The molecule has 0 saturated heterocycles. The zero-order valence-electron chi connectivity index (χ0n) is 11.5. The quantitative estimate of drug-likeness (QED) is 0.690. The second kappa shape index (κ2) is 6.36. The van der Waals surface area contributed by atoms with E-state index in [1.807, 2.05) is 61.6 Å². The molecule has 3 aromatic rings. The van der Waals surface area contributed by atoms with Crippen molar-refractivity contribution in [1.82, 2.24) is 15.5 Å². The second-order valence-corrected chi connectivity index (χ2v) is 5.83. The molecule has 106 valence electrons.